The predicted molar refractivity (Wildman–Crippen MR) is 120 cm³/mol. The molecule has 4 rings (SSSR count). The van der Waals surface area contributed by atoms with Gasteiger partial charge in [0, 0.05) is 24.0 Å². The number of hydrogen-bond acceptors (Lipinski definition) is 6. The van der Waals surface area contributed by atoms with Crippen LogP contribution in [0.15, 0.2) is 47.3 Å². The third-order valence-corrected chi connectivity index (χ3v) is 6.13. The summed E-state index contributed by atoms with van der Waals surface area (Å²) in [5, 5.41) is 6.79. The molecule has 0 aliphatic carbocycles. The van der Waals surface area contributed by atoms with Crippen LogP contribution in [-0.4, -0.2) is 42.0 Å². The van der Waals surface area contributed by atoms with Crippen molar-refractivity contribution in [2.45, 2.75) is 19.6 Å². The topological polar surface area (TPSA) is 76.5 Å². The number of aromatic nitrogens is 2. The van der Waals surface area contributed by atoms with Gasteiger partial charge in [0.15, 0.2) is 0 Å². The van der Waals surface area contributed by atoms with Crippen LogP contribution in [0.25, 0.3) is 10.6 Å². The number of thiophene rings is 1. The van der Waals surface area contributed by atoms with E-state index in [0.717, 1.165) is 26.6 Å². The summed E-state index contributed by atoms with van der Waals surface area (Å²) in [5.41, 5.74) is -0.342. The highest BCUT2D eigenvalue weighted by Gasteiger charge is 2.32. The number of alkyl halides is 3. The number of ether oxygens (including phenoxy) is 1. The van der Waals surface area contributed by atoms with Crippen LogP contribution in [0.5, 0.6) is 0 Å². The normalized spacial score (nSPS) is 14.4. The van der Waals surface area contributed by atoms with E-state index in [-0.39, 0.29) is 5.69 Å². The van der Waals surface area contributed by atoms with Crippen molar-refractivity contribution in [3.8, 4) is 10.6 Å². The van der Waals surface area contributed by atoms with Gasteiger partial charge in [-0.3, -0.25) is 9.59 Å². The van der Waals surface area contributed by atoms with Gasteiger partial charge in [0.25, 0.3) is 5.56 Å². The number of anilines is 2. The van der Waals surface area contributed by atoms with Gasteiger partial charge >= 0.3 is 6.18 Å². The van der Waals surface area contributed by atoms with Crippen LogP contribution < -0.4 is 15.8 Å². The predicted octanol–water partition coefficient (Wildman–Crippen LogP) is 3.77. The number of nitrogens with one attached hydrogen (secondary N) is 1. The number of morpholine rings is 1. The fourth-order valence-electron chi connectivity index (χ4n) is 3.48. The lowest BCUT2D eigenvalue weighted by Crippen LogP contribution is -2.37. The fourth-order valence-corrected chi connectivity index (χ4v) is 4.32. The summed E-state index contributed by atoms with van der Waals surface area (Å²) in [4.78, 5) is 28.8. The molecule has 1 N–H and O–H groups in total. The molecule has 0 atom stereocenters. The van der Waals surface area contributed by atoms with Gasteiger partial charge in [-0.05, 0) is 43.3 Å². The Morgan fingerprint density at radius 3 is 2.58 bits per heavy atom. The summed E-state index contributed by atoms with van der Waals surface area (Å²) >= 11 is 1.50. The molecule has 7 nitrogen and oxygen atoms in total. The lowest BCUT2D eigenvalue weighted by Gasteiger charge is -2.31. The van der Waals surface area contributed by atoms with Crippen molar-refractivity contribution in [2.24, 2.45) is 0 Å². The molecule has 1 amide bonds. The average Bonchev–Trinajstić information content (AvgIpc) is 3.21. The molecule has 2 aromatic heterocycles. The summed E-state index contributed by atoms with van der Waals surface area (Å²) in [6.07, 6.45) is -4.56. The van der Waals surface area contributed by atoms with Crippen molar-refractivity contribution in [3.63, 3.8) is 0 Å². The summed E-state index contributed by atoms with van der Waals surface area (Å²) in [5.74, 6) is -0.655. The molecule has 0 bridgehead atoms. The molecule has 33 heavy (non-hydrogen) atoms. The number of carbonyl (C=O) groups excluding carboxylic acids is 1. The third-order valence-electron chi connectivity index (χ3n) is 5.10. The first-order chi connectivity index (χ1) is 15.7. The first-order valence-corrected chi connectivity index (χ1v) is 11.0. The van der Waals surface area contributed by atoms with E-state index in [2.05, 4.69) is 10.4 Å². The van der Waals surface area contributed by atoms with Gasteiger partial charge in [-0.25, -0.2) is 4.68 Å². The fraction of sp³-hybridized carbons (Fsp3) is 0.318. The third kappa shape index (κ3) is 5.42. The van der Waals surface area contributed by atoms with E-state index in [0.29, 0.717) is 37.7 Å². The molecule has 11 heteroatoms. The second kappa shape index (κ2) is 9.36. The van der Waals surface area contributed by atoms with Crippen molar-refractivity contribution in [1.29, 1.82) is 0 Å². The smallest absolute Gasteiger partial charge is 0.378 e. The summed E-state index contributed by atoms with van der Waals surface area (Å²) in [6, 6.07) is 9.91. The van der Waals surface area contributed by atoms with Gasteiger partial charge < -0.3 is 15.0 Å². The minimum Gasteiger partial charge on any atom is -0.378 e. The molecule has 3 heterocycles. The largest absolute Gasteiger partial charge is 0.416 e. The van der Waals surface area contributed by atoms with E-state index in [1.54, 1.807) is 6.07 Å². The van der Waals surface area contributed by atoms with Gasteiger partial charge in [0.05, 0.1) is 35.0 Å². The number of rotatable bonds is 5. The number of carbonyl (C=O) groups is 1. The van der Waals surface area contributed by atoms with Crippen LogP contribution in [0.1, 0.15) is 10.4 Å². The molecule has 0 radical (unpaired) electrons. The van der Waals surface area contributed by atoms with Crippen LogP contribution in [0.3, 0.4) is 0 Å². The van der Waals surface area contributed by atoms with Crippen LogP contribution in [0.4, 0.5) is 24.5 Å². The minimum absolute atomic E-state index is 0.0230. The van der Waals surface area contributed by atoms with Crippen molar-refractivity contribution < 1.29 is 22.7 Å². The Balaban J connectivity index is 1.59. The number of amides is 1. The second-order valence-corrected chi connectivity index (χ2v) is 8.79. The second-order valence-electron chi connectivity index (χ2n) is 7.50. The number of benzene rings is 1. The molecule has 3 aromatic rings. The quantitative estimate of drug-likeness (QED) is 0.604. The first kappa shape index (κ1) is 23.0. The maximum atomic E-state index is 13.3. The molecular weight excluding hydrogens is 457 g/mol. The van der Waals surface area contributed by atoms with Gasteiger partial charge in [0.2, 0.25) is 5.91 Å². The van der Waals surface area contributed by atoms with Gasteiger partial charge in [-0.1, -0.05) is 0 Å². The zero-order valence-corrected chi connectivity index (χ0v) is 18.5. The van der Waals surface area contributed by atoms with Crippen molar-refractivity contribution in [2.75, 3.05) is 36.5 Å². The Hall–Kier alpha value is -3.18. The molecule has 1 aromatic carbocycles. The Labute approximate surface area is 191 Å². The molecule has 0 spiro atoms. The maximum absolute atomic E-state index is 13.3. The lowest BCUT2D eigenvalue weighted by atomic mass is 10.1. The van der Waals surface area contributed by atoms with Crippen LogP contribution in [0, 0.1) is 6.92 Å². The Morgan fingerprint density at radius 2 is 1.91 bits per heavy atom. The summed E-state index contributed by atoms with van der Waals surface area (Å²) in [6.45, 7) is 3.34. The molecule has 1 aliphatic heterocycles. The van der Waals surface area contributed by atoms with E-state index < -0.39 is 29.8 Å². The maximum Gasteiger partial charge on any atom is 0.416 e. The van der Waals surface area contributed by atoms with Crippen molar-refractivity contribution >= 4 is 28.6 Å². The molecule has 1 fully saturated rings. The van der Waals surface area contributed by atoms with Crippen LogP contribution in [0.2, 0.25) is 0 Å². The molecular formula is C22H21F3N4O3S. The number of hydrogen-bond donors (Lipinski definition) is 1. The monoisotopic (exact) mass is 478 g/mol. The van der Waals surface area contributed by atoms with E-state index >= 15 is 0 Å². The molecule has 1 aliphatic rings. The highest BCUT2D eigenvalue weighted by molar-refractivity contribution is 7.15. The Bertz CT molecular complexity index is 1220. The average molecular weight is 478 g/mol. The first-order valence-electron chi connectivity index (χ1n) is 10.2. The van der Waals surface area contributed by atoms with Gasteiger partial charge in [-0.2, -0.15) is 18.3 Å². The van der Waals surface area contributed by atoms with E-state index in [4.69, 9.17) is 4.74 Å². The summed E-state index contributed by atoms with van der Waals surface area (Å²) in [7, 11) is 0. The number of halogens is 3. The number of nitrogens with zero attached hydrogens (tertiary/aromatic N) is 3. The minimum atomic E-state index is -4.56. The standard InChI is InChI=1S/C22H21F3N4O3S/c1-14-2-6-19(33-14)16-4-7-21(31)29(27-16)13-20(30)26-17-12-15(22(23,24)25)3-5-18(17)28-8-10-32-11-9-28/h2-7,12H,8-11,13H2,1H3,(H,26,30). The zero-order valence-electron chi connectivity index (χ0n) is 17.7. The zero-order chi connectivity index (χ0) is 23.6. The molecule has 0 saturated carbocycles. The van der Waals surface area contributed by atoms with E-state index in [1.165, 1.54) is 23.5 Å². The SMILES string of the molecule is Cc1ccc(-c2ccc(=O)n(CC(=O)Nc3cc(C(F)(F)F)ccc3N3CCOCC3)n2)s1. The van der Waals surface area contributed by atoms with Gasteiger partial charge in [0.1, 0.15) is 12.2 Å². The highest BCUT2D eigenvalue weighted by atomic mass is 32.1. The molecule has 174 valence electrons. The Morgan fingerprint density at radius 1 is 1.15 bits per heavy atom. The summed E-state index contributed by atoms with van der Waals surface area (Å²) < 4.78 is 46.2. The highest BCUT2D eigenvalue weighted by Crippen LogP contribution is 2.35. The van der Waals surface area contributed by atoms with E-state index in [1.807, 2.05) is 24.0 Å². The lowest BCUT2D eigenvalue weighted by molar-refractivity contribution is -0.137. The van der Waals surface area contributed by atoms with E-state index in [9.17, 15) is 22.8 Å². The molecule has 1 saturated heterocycles. The van der Waals surface area contributed by atoms with Crippen LogP contribution >= 0.6 is 11.3 Å². The van der Waals surface area contributed by atoms with Crippen LogP contribution in [-0.2, 0) is 22.3 Å². The molecule has 0 unspecified atom stereocenters. The van der Waals surface area contributed by atoms with Crippen molar-refractivity contribution in [3.05, 3.63) is 63.3 Å². The Kier molecular flexibility index (Phi) is 6.52. The van der Waals surface area contributed by atoms with Gasteiger partial charge in [-0.15, -0.1) is 11.3 Å². The number of aryl methyl sites for hydroxylation is 1. The van der Waals surface area contributed by atoms with Crippen molar-refractivity contribution in [1.82, 2.24) is 9.78 Å².